The Morgan fingerprint density at radius 3 is 2.25 bits per heavy atom. The summed E-state index contributed by atoms with van der Waals surface area (Å²) in [4.78, 5) is 41.0. The zero-order valence-electron chi connectivity index (χ0n) is 15.7. The van der Waals surface area contributed by atoms with Gasteiger partial charge in [0.1, 0.15) is 6.04 Å². The summed E-state index contributed by atoms with van der Waals surface area (Å²) >= 11 is 0. The van der Waals surface area contributed by atoms with E-state index < -0.39 is 23.7 Å². The van der Waals surface area contributed by atoms with E-state index in [4.69, 9.17) is 0 Å². The third-order valence-corrected chi connectivity index (χ3v) is 5.29. The molecule has 1 aromatic rings. The average Bonchev–Trinajstić information content (AvgIpc) is 2.92. The Bertz CT molecular complexity index is 788. The van der Waals surface area contributed by atoms with Gasteiger partial charge in [-0.15, -0.1) is 0 Å². The summed E-state index contributed by atoms with van der Waals surface area (Å²) in [6, 6.07) is 4.46. The van der Waals surface area contributed by atoms with Gasteiger partial charge in [-0.1, -0.05) is 19.1 Å². The minimum Gasteiger partial charge on any atom is -0.367 e. The molecule has 28 heavy (non-hydrogen) atoms. The predicted octanol–water partition coefficient (Wildman–Crippen LogP) is 2.14. The van der Waals surface area contributed by atoms with Gasteiger partial charge in [0.05, 0.1) is 5.56 Å². The molecular weight excluding hydrogens is 375 g/mol. The fraction of sp³-hybridized carbons (Fsp3) is 0.526. The van der Waals surface area contributed by atoms with Gasteiger partial charge in [0.2, 0.25) is 17.7 Å². The van der Waals surface area contributed by atoms with Crippen LogP contribution in [0.4, 0.5) is 18.9 Å². The molecular formula is C19H22F3N3O3. The molecule has 2 unspecified atom stereocenters. The predicted molar refractivity (Wildman–Crippen MR) is 95.3 cm³/mol. The normalized spacial score (nSPS) is 22.0. The fourth-order valence-electron chi connectivity index (χ4n) is 3.75. The number of benzene rings is 1. The second kappa shape index (κ2) is 7.44. The maximum atomic E-state index is 13.2. The van der Waals surface area contributed by atoms with Crippen LogP contribution in [-0.4, -0.2) is 59.7 Å². The summed E-state index contributed by atoms with van der Waals surface area (Å²) in [5.41, 5.74) is -0.612. The van der Waals surface area contributed by atoms with Gasteiger partial charge in [0.15, 0.2) is 0 Å². The van der Waals surface area contributed by atoms with Crippen LogP contribution < -0.4 is 4.90 Å². The second-order valence-corrected chi connectivity index (χ2v) is 7.21. The molecule has 0 radical (unpaired) electrons. The number of para-hydroxylation sites is 1. The van der Waals surface area contributed by atoms with Crippen LogP contribution in [-0.2, 0) is 20.6 Å². The molecule has 0 aliphatic carbocycles. The van der Waals surface area contributed by atoms with Gasteiger partial charge in [-0.05, 0) is 19.1 Å². The molecule has 1 aromatic carbocycles. The number of alkyl halides is 3. The zero-order valence-corrected chi connectivity index (χ0v) is 15.7. The Labute approximate surface area is 160 Å². The molecule has 2 saturated heterocycles. The number of rotatable bonds is 3. The molecule has 2 aliphatic heterocycles. The largest absolute Gasteiger partial charge is 0.418 e. The number of halogens is 3. The van der Waals surface area contributed by atoms with Crippen LogP contribution in [0.2, 0.25) is 0 Å². The molecule has 0 saturated carbocycles. The van der Waals surface area contributed by atoms with Crippen molar-refractivity contribution >= 4 is 23.4 Å². The van der Waals surface area contributed by atoms with Crippen LogP contribution in [0.1, 0.15) is 25.8 Å². The number of hydrogen-bond acceptors (Lipinski definition) is 4. The maximum Gasteiger partial charge on any atom is 0.418 e. The van der Waals surface area contributed by atoms with Crippen molar-refractivity contribution in [2.24, 2.45) is 5.92 Å². The Balaban J connectivity index is 1.67. The molecule has 3 rings (SSSR count). The van der Waals surface area contributed by atoms with Crippen molar-refractivity contribution in [1.29, 1.82) is 0 Å². The highest BCUT2D eigenvalue weighted by atomic mass is 19.4. The SMILES string of the molecule is CC1CC(=O)N(C(C)C(=O)N2CCN(c3ccccc3C(F)(F)F)CC2)C1=O. The summed E-state index contributed by atoms with van der Waals surface area (Å²) in [5.74, 6) is -1.52. The quantitative estimate of drug-likeness (QED) is 0.734. The molecule has 0 bridgehead atoms. The Morgan fingerprint density at radius 2 is 1.71 bits per heavy atom. The molecule has 2 fully saturated rings. The van der Waals surface area contributed by atoms with Crippen LogP contribution in [0.25, 0.3) is 0 Å². The lowest BCUT2D eigenvalue weighted by molar-refractivity contribution is -0.150. The molecule has 2 atom stereocenters. The minimum atomic E-state index is -4.45. The van der Waals surface area contributed by atoms with Crippen molar-refractivity contribution < 1.29 is 27.6 Å². The highest BCUT2D eigenvalue weighted by molar-refractivity contribution is 6.06. The van der Waals surface area contributed by atoms with E-state index in [0.717, 1.165) is 11.0 Å². The molecule has 9 heteroatoms. The standard InChI is InChI=1S/C19H22F3N3O3/c1-12-11-16(26)25(17(12)27)13(2)18(28)24-9-7-23(8-10-24)15-6-4-3-5-14(15)19(20,21)22/h3-6,12-13H,7-11H2,1-2H3. The first-order chi connectivity index (χ1) is 13.1. The zero-order chi connectivity index (χ0) is 20.6. The molecule has 2 heterocycles. The smallest absolute Gasteiger partial charge is 0.367 e. The van der Waals surface area contributed by atoms with Gasteiger partial charge >= 0.3 is 6.18 Å². The lowest BCUT2D eigenvalue weighted by Gasteiger charge is -2.38. The van der Waals surface area contributed by atoms with Gasteiger partial charge in [-0.2, -0.15) is 13.2 Å². The van der Waals surface area contributed by atoms with E-state index in [2.05, 4.69) is 0 Å². The highest BCUT2D eigenvalue weighted by Crippen LogP contribution is 2.36. The molecule has 6 nitrogen and oxygen atoms in total. The highest BCUT2D eigenvalue weighted by Gasteiger charge is 2.42. The number of carbonyl (C=O) groups excluding carboxylic acids is 3. The summed E-state index contributed by atoms with van der Waals surface area (Å²) < 4.78 is 39.7. The van der Waals surface area contributed by atoms with Crippen molar-refractivity contribution in [2.75, 3.05) is 31.1 Å². The topological polar surface area (TPSA) is 60.9 Å². The number of anilines is 1. The number of imide groups is 1. The van der Waals surface area contributed by atoms with E-state index >= 15 is 0 Å². The first-order valence-electron chi connectivity index (χ1n) is 9.17. The number of nitrogens with zero attached hydrogens (tertiary/aromatic N) is 3. The van der Waals surface area contributed by atoms with Crippen LogP contribution in [0.5, 0.6) is 0 Å². The average molecular weight is 397 g/mol. The van der Waals surface area contributed by atoms with Gasteiger partial charge in [-0.25, -0.2) is 0 Å². The van der Waals surface area contributed by atoms with Crippen molar-refractivity contribution in [1.82, 2.24) is 9.80 Å². The van der Waals surface area contributed by atoms with Gasteiger partial charge < -0.3 is 9.80 Å². The van der Waals surface area contributed by atoms with Crippen molar-refractivity contribution in [3.8, 4) is 0 Å². The Morgan fingerprint density at radius 1 is 1.11 bits per heavy atom. The molecule has 0 aromatic heterocycles. The lowest BCUT2D eigenvalue weighted by atomic mass is 10.1. The number of hydrogen-bond donors (Lipinski definition) is 0. The van der Waals surface area contributed by atoms with Crippen molar-refractivity contribution in [3.63, 3.8) is 0 Å². The molecule has 3 amide bonds. The summed E-state index contributed by atoms with van der Waals surface area (Å²) in [7, 11) is 0. The van der Waals surface area contributed by atoms with Crippen molar-refractivity contribution in [2.45, 2.75) is 32.5 Å². The van der Waals surface area contributed by atoms with E-state index in [0.29, 0.717) is 0 Å². The number of carbonyl (C=O) groups is 3. The van der Waals surface area contributed by atoms with E-state index in [9.17, 15) is 27.6 Å². The minimum absolute atomic E-state index is 0.0915. The van der Waals surface area contributed by atoms with Crippen LogP contribution >= 0.6 is 0 Å². The molecule has 152 valence electrons. The lowest BCUT2D eigenvalue weighted by Crippen LogP contribution is -2.55. The Kier molecular flexibility index (Phi) is 5.36. The summed E-state index contributed by atoms with van der Waals surface area (Å²) in [5, 5.41) is 0. The van der Waals surface area contributed by atoms with Crippen LogP contribution in [0.15, 0.2) is 24.3 Å². The van der Waals surface area contributed by atoms with Crippen LogP contribution in [0, 0.1) is 5.92 Å². The van der Waals surface area contributed by atoms with E-state index in [1.807, 2.05) is 0 Å². The van der Waals surface area contributed by atoms with Gasteiger partial charge in [0, 0.05) is 44.2 Å². The monoisotopic (exact) mass is 397 g/mol. The summed E-state index contributed by atoms with van der Waals surface area (Å²) in [6.45, 7) is 4.09. The molecule has 2 aliphatic rings. The van der Waals surface area contributed by atoms with Crippen LogP contribution in [0.3, 0.4) is 0 Å². The first-order valence-corrected chi connectivity index (χ1v) is 9.17. The second-order valence-electron chi connectivity index (χ2n) is 7.21. The number of likely N-dealkylation sites (tertiary alicyclic amines) is 1. The third kappa shape index (κ3) is 3.70. The van der Waals surface area contributed by atoms with E-state index in [1.165, 1.54) is 24.0 Å². The fourth-order valence-corrected chi connectivity index (χ4v) is 3.75. The van der Waals surface area contributed by atoms with E-state index in [1.54, 1.807) is 17.9 Å². The van der Waals surface area contributed by atoms with Gasteiger partial charge in [0.25, 0.3) is 0 Å². The first kappa shape index (κ1) is 20.2. The van der Waals surface area contributed by atoms with Crippen molar-refractivity contribution in [3.05, 3.63) is 29.8 Å². The Hall–Kier alpha value is -2.58. The number of amides is 3. The summed E-state index contributed by atoms with van der Waals surface area (Å²) in [6.07, 6.45) is -4.36. The molecule has 0 N–H and O–H groups in total. The molecule has 0 spiro atoms. The van der Waals surface area contributed by atoms with E-state index in [-0.39, 0.29) is 56.0 Å². The maximum absolute atomic E-state index is 13.2. The van der Waals surface area contributed by atoms with Gasteiger partial charge in [-0.3, -0.25) is 19.3 Å². The third-order valence-electron chi connectivity index (χ3n) is 5.29. The number of piperazine rings is 1.